The number of nitrogens with one attached hydrogen (secondary N) is 1. The largest absolute Gasteiger partial charge is 0.481 e. The van der Waals surface area contributed by atoms with Gasteiger partial charge in [-0.05, 0) is 24.2 Å². The lowest BCUT2D eigenvalue weighted by Crippen LogP contribution is -2.53. The molecule has 1 fully saturated rings. The standard InChI is InChI=1S/C15H19NO4S/c17-13(18)9-15(7-4-8-21-11-15)16-14(19)20-10-12-5-2-1-3-6-12/h1-3,5-6H,4,7-11H2,(H,16,19)(H,17,18). The van der Waals surface area contributed by atoms with Crippen molar-refractivity contribution in [3.63, 3.8) is 0 Å². The Kier molecular flexibility index (Phi) is 5.50. The highest BCUT2D eigenvalue weighted by atomic mass is 32.2. The number of hydrogen-bond donors (Lipinski definition) is 2. The van der Waals surface area contributed by atoms with Gasteiger partial charge >= 0.3 is 12.1 Å². The van der Waals surface area contributed by atoms with Gasteiger partial charge in [0, 0.05) is 5.75 Å². The van der Waals surface area contributed by atoms with Gasteiger partial charge in [0.05, 0.1) is 12.0 Å². The number of ether oxygens (including phenoxy) is 1. The third kappa shape index (κ3) is 4.97. The summed E-state index contributed by atoms with van der Waals surface area (Å²) in [5.74, 6) is 0.711. The van der Waals surface area contributed by atoms with Crippen molar-refractivity contribution in [1.82, 2.24) is 5.32 Å². The topological polar surface area (TPSA) is 75.6 Å². The van der Waals surface area contributed by atoms with Crippen molar-refractivity contribution in [1.29, 1.82) is 0 Å². The van der Waals surface area contributed by atoms with Crippen LogP contribution in [0.2, 0.25) is 0 Å². The van der Waals surface area contributed by atoms with Gasteiger partial charge in [-0.25, -0.2) is 4.79 Å². The summed E-state index contributed by atoms with van der Waals surface area (Å²) in [4.78, 5) is 23.0. The number of carboxylic acids is 1. The Morgan fingerprint density at radius 1 is 1.33 bits per heavy atom. The monoisotopic (exact) mass is 309 g/mol. The van der Waals surface area contributed by atoms with Crippen molar-refractivity contribution in [2.24, 2.45) is 0 Å². The number of hydrogen-bond acceptors (Lipinski definition) is 4. The van der Waals surface area contributed by atoms with E-state index in [1.54, 1.807) is 11.8 Å². The molecule has 1 atom stereocenters. The first kappa shape index (κ1) is 15.7. The molecule has 0 aromatic heterocycles. The molecule has 1 saturated heterocycles. The zero-order valence-electron chi connectivity index (χ0n) is 11.7. The maximum absolute atomic E-state index is 11.9. The lowest BCUT2D eigenvalue weighted by atomic mass is 9.91. The molecule has 5 nitrogen and oxygen atoms in total. The zero-order valence-corrected chi connectivity index (χ0v) is 12.5. The highest BCUT2D eigenvalue weighted by Crippen LogP contribution is 2.29. The van der Waals surface area contributed by atoms with Crippen LogP contribution in [0.25, 0.3) is 0 Å². The second-order valence-electron chi connectivity index (χ2n) is 5.19. The van der Waals surface area contributed by atoms with Crippen LogP contribution in [0.5, 0.6) is 0 Å². The summed E-state index contributed by atoms with van der Waals surface area (Å²) in [5.41, 5.74) is 0.209. The van der Waals surface area contributed by atoms with Crippen LogP contribution in [0.3, 0.4) is 0 Å². The van der Waals surface area contributed by atoms with Crippen molar-refractivity contribution < 1.29 is 19.4 Å². The molecule has 2 N–H and O–H groups in total. The van der Waals surface area contributed by atoms with E-state index in [9.17, 15) is 9.59 Å². The van der Waals surface area contributed by atoms with Gasteiger partial charge in [0.15, 0.2) is 0 Å². The first-order valence-corrected chi connectivity index (χ1v) is 8.04. The van der Waals surface area contributed by atoms with E-state index in [1.165, 1.54) is 0 Å². The molecule has 2 rings (SSSR count). The minimum Gasteiger partial charge on any atom is -0.481 e. The molecular formula is C15H19NO4S. The van der Waals surface area contributed by atoms with Crippen molar-refractivity contribution >= 4 is 23.8 Å². The molecule has 0 saturated carbocycles. The van der Waals surface area contributed by atoms with E-state index >= 15 is 0 Å². The van der Waals surface area contributed by atoms with Crippen LogP contribution in [0.15, 0.2) is 30.3 Å². The van der Waals surface area contributed by atoms with Gasteiger partial charge in [-0.2, -0.15) is 11.8 Å². The molecule has 1 amide bonds. The minimum absolute atomic E-state index is 0.0690. The van der Waals surface area contributed by atoms with E-state index in [-0.39, 0.29) is 13.0 Å². The Bertz CT molecular complexity index is 486. The fourth-order valence-electron chi connectivity index (χ4n) is 2.40. The maximum Gasteiger partial charge on any atom is 0.407 e. The van der Waals surface area contributed by atoms with E-state index < -0.39 is 17.6 Å². The summed E-state index contributed by atoms with van der Waals surface area (Å²) >= 11 is 1.67. The predicted octanol–water partition coefficient (Wildman–Crippen LogP) is 2.65. The number of carbonyl (C=O) groups excluding carboxylic acids is 1. The molecule has 1 aromatic carbocycles. The molecule has 21 heavy (non-hydrogen) atoms. The lowest BCUT2D eigenvalue weighted by molar-refractivity contribution is -0.138. The van der Waals surface area contributed by atoms with Gasteiger partial charge in [0.2, 0.25) is 0 Å². The molecule has 1 aliphatic rings. The molecule has 0 aliphatic carbocycles. The second kappa shape index (κ2) is 7.36. The molecule has 0 radical (unpaired) electrons. The third-order valence-corrected chi connectivity index (χ3v) is 4.73. The summed E-state index contributed by atoms with van der Waals surface area (Å²) < 4.78 is 5.19. The maximum atomic E-state index is 11.9. The first-order valence-electron chi connectivity index (χ1n) is 6.88. The van der Waals surface area contributed by atoms with Gasteiger partial charge in [-0.3, -0.25) is 4.79 Å². The number of amides is 1. The van der Waals surface area contributed by atoms with Crippen molar-refractivity contribution in [2.75, 3.05) is 11.5 Å². The van der Waals surface area contributed by atoms with Crippen molar-refractivity contribution in [2.45, 2.75) is 31.4 Å². The van der Waals surface area contributed by atoms with Crippen LogP contribution in [0.1, 0.15) is 24.8 Å². The van der Waals surface area contributed by atoms with Gasteiger partial charge < -0.3 is 15.2 Å². The van der Waals surface area contributed by atoms with Gasteiger partial charge in [0.1, 0.15) is 6.61 Å². The van der Waals surface area contributed by atoms with Crippen LogP contribution < -0.4 is 5.32 Å². The van der Waals surface area contributed by atoms with E-state index in [1.807, 2.05) is 30.3 Å². The van der Waals surface area contributed by atoms with Gasteiger partial charge in [0.25, 0.3) is 0 Å². The molecule has 1 aromatic rings. The lowest BCUT2D eigenvalue weighted by Gasteiger charge is -2.36. The van der Waals surface area contributed by atoms with Crippen LogP contribution in [0.4, 0.5) is 4.79 Å². The summed E-state index contributed by atoms with van der Waals surface area (Å²) in [7, 11) is 0. The molecular weight excluding hydrogens is 290 g/mol. The van der Waals surface area contributed by atoms with Crippen LogP contribution in [-0.4, -0.2) is 34.2 Å². The van der Waals surface area contributed by atoms with E-state index in [4.69, 9.17) is 9.84 Å². The fourth-order valence-corrected chi connectivity index (χ4v) is 3.60. The Morgan fingerprint density at radius 3 is 2.71 bits per heavy atom. The first-order chi connectivity index (χ1) is 10.1. The van der Waals surface area contributed by atoms with Crippen molar-refractivity contribution in [3.05, 3.63) is 35.9 Å². The minimum atomic E-state index is -0.902. The molecule has 1 heterocycles. The Balaban J connectivity index is 1.90. The van der Waals surface area contributed by atoms with Crippen LogP contribution in [0, 0.1) is 0 Å². The highest BCUT2D eigenvalue weighted by Gasteiger charge is 2.36. The number of aliphatic carboxylic acids is 1. The Morgan fingerprint density at radius 2 is 2.10 bits per heavy atom. The predicted molar refractivity (Wildman–Crippen MR) is 81.3 cm³/mol. The normalized spacial score (nSPS) is 21.5. The summed E-state index contributed by atoms with van der Waals surface area (Å²) in [6, 6.07) is 9.39. The second-order valence-corrected chi connectivity index (χ2v) is 6.30. The van der Waals surface area contributed by atoms with Crippen LogP contribution in [-0.2, 0) is 16.1 Å². The number of rotatable bonds is 5. The summed E-state index contributed by atoms with van der Waals surface area (Å²) in [6.07, 6.45) is 0.951. The number of benzene rings is 1. The Labute approximate surface area is 128 Å². The molecule has 6 heteroatoms. The van der Waals surface area contributed by atoms with E-state index in [0.717, 1.165) is 17.7 Å². The molecule has 1 aliphatic heterocycles. The zero-order chi connectivity index (χ0) is 15.1. The van der Waals surface area contributed by atoms with Crippen molar-refractivity contribution in [3.8, 4) is 0 Å². The van der Waals surface area contributed by atoms with E-state index in [2.05, 4.69) is 5.32 Å². The molecule has 114 valence electrons. The smallest absolute Gasteiger partial charge is 0.407 e. The molecule has 0 bridgehead atoms. The number of alkyl carbamates (subject to hydrolysis) is 1. The highest BCUT2D eigenvalue weighted by molar-refractivity contribution is 7.99. The SMILES string of the molecule is O=C(O)CC1(NC(=O)OCc2ccccc2)CCCSC1. The van der Waals surface area contributed by atoms with E-state index in [0.29, 0.717) is 12.2 Å². The fraction of sp³-hybridized carbons (Fsp3) is 0.467. The molecule has 0 spiro atoms. The van der Waals surface area contributed by atoms with Crippen LogP contribution >= 0.6 is 11.8 Å². The van der Waals surface area contributed by atoms with Gasteiger partial charge in [-0.1, -0.05) is 30.3 Å². The molecule has 1 unspecified atom stereocenters. The number of carboxylic acid groups (broad SMARTS) is 1. The quantitative estimate of drug-likeness (QED) is 0.874. The number of thioether (sulfide) groups is 1. The average molecular weight is 309 g/mol. The average Bonchev–Trinajstić information content (AvgIpc) is 2.46. The third-order valence-electron chi connectivity index (χ3n) is 3.39. The summed E-state index contributed by atoms with van der Waals surface area (Å²) in [6.45, 7) is 0.183. The number of carbonyl (C=O) groups is 2. The van der Waals surface area contributed by atoms with Gasteiger partial charge in [-0.15, -0.1) is 0 Å². The Hall–Kier alpha value is -1.69. The summed E-state index contributed by atoms with van der Waals surface area (Å²) in [5, 5.41) is 11.8.